The molecule has 2 aromatic rings. The Hall–Kier alpha value is -2.24. The normalized spacial score (nSPS) is 18.1. The third-order valence-electron chi connectivity index (χ3n) is 5.53. The maximum Gasteiger partial charge on any atom is 0.234 e. The number of rotatable bonds is 5. The molecule has 1 atom stereocenters. The second-order valence-electron chi connectivity index (χ2n) is 7.70. The van der Waals surface area contributed by atoms with Crippen LogP contribution in [0.4, 0.5) is 0 Å². The Morgan fingerprint density at radius 1 is 1.30 bits per heavy atom. The number of aliphatic hydroxyl groups is 1. The molecule has 1 aromatic heterocycles. The summed E-state index contributed by atoms with van der Waals surface area (Å²) >= 11 is 0. The molecule has 2 N–H and O–H groups in total. The van der Waals surface area contributed by atoms with Crippen LogP contribution in [-0.2, 0) is 10.4 Å². The number of nitrogens with zero attached hydrogens (tertiary/aromatic N) is 2. The summed E-state index contributed by atoms with van der Waals surface area (Å²) in [6.07, 6.45) is 4.66. The Morgan fingerprint density at radius 2 is 2.04 bits per heavy atom. The molecule has 0 saturated carbocycles. The Labute approximate surface area is 161 Å². The first-order chi connectivity index (χ1) is 12.9. The highest BCUT2D eigenvalue weighted by atomic mass is 16.3. The van der Waals surface area contributed by atoms with Gasteiger partial charge in [-0.3, -0.25) is 14.7 Å². The molecule has 5 nitrogen and oxygen atoms in total. The molecule has 5 heteroatoms. The smallest absolute Gasteiger partial charge is 0.234 e. The number of amides is 1. The summed E-state index contributed by atoms with van der Waals surface area (Å²) in [6, 6.07) is 10.1. The van der Waals surface area contributed by atoms with E-state index in [1.165, 1.54) is 11.1 Å². The van der Waals surface area contributed by atoms with Gasteiger partial charge in [0.05, 0.1) is 18.2 Å². The fraction of sp³-hybridized carbons (Fsp3) is 0.455. The van der Waals surface area contributed by atoms with Gasteiger partial charge in [0.25, 0.3) is 0 Å². The summed E-state index contributed by atoms with van der Waals surface area (Å²) in [5.41, 5.74) is 3.56. The topological polar surface area (TPSA) is 65.5 Å². The first kappa shape index (κ1) is 19.5. The summed E-state index contributed by atoms with van der Waals surface area (Å²) < 4.78 is 0. The Balaban J connectivity index is 1.53. The van der Waals surface area contributed by atoms with Gasteiger partial charge in [-0.1, -0.05) is 29.8 Å². The van der Waals surface area contributed by atoms with Gasteiger partial charge in [-0.25, -0.2) is 0 Å². The SMILES string of the molecule is Cc1ccc(C)c(C(C)NC(=O)CN2CCC(O)(c3cccnc3)CC2)c1. The molecular weight excluding hydrogens is 338 g/mol. The van der Waals surface area contributed by atoms with E-state index in [-0.39, 0.29) is 11.9 Å². The molecule has 144 valence electrons. The van der Waals surface area contributed by atoms with Gasteiger partial charge < -0.3 is 10.4 Å². The second-order valence-corrected chi connectivity index (χ2v) is 7.70. The lowest BCUT2D eigenvalue weighted by atomic mass is 9.85. The fourth-order valence-electron chi connectivity index (χ4n) is 3.80. The average Bonchev–Trinajstić information content (AvgIpc) is 2.66. The van der Waals surface area contributed by atoms with E-state index in [0.717, 1.165) is 11.1 Å². The number of piperidine rings is 1. The number of likely N-dealkylation sites (tertiary alicyclic amines) is 1. The van der Waals surface area contributed by atoms with Gasteiger partial charge in [-0.15, -0.1) is 0 Å². The first-order valence-electron chi connectivity index (χ1n) is 9.59. The summed E-state index contributed by atoms with van der Waals surface area (Å²) in [7, 11) is 0. The highest BCUT2D eigenvalue weighted by molar-refractivity contribution is 5.78. The van der Waals surface area contributed by atoms with Gasteiger partial charge >= 0.3 is 0 Å². The molecule has 1 unspecified atom stereocenters. The van der Waals surface area contributed by atoms with Gasteiger partial charge in [-0.05, 0) is 50.8 Å². The zero-order valence-corrected chi connectivity index (χ0v) is 16.4. The van der Waals surface area contributed by atoms with E-state index in [1.807, 2.05) is 19.1 Å². The van der Waals surface area contributed by atoms with Crippen LogP contribution in [0.1, 0.15) is 48.1 Å². The first-order valence-corrected chi connectivity index (χ1v) is 9.59. The number of nitrogens with one attached hydrogen (secondary N) is 1. The zero-order chi connectivity index (χ0) is 19.4. The fourth-order valence-corrected chi connectivity index (χ4v) is 3.80. The summed E-state index contributed by atoms with van der Waals surface area (Å²) in [6.45, 7) is 7.90. The van der Waals surface area contributed by atoms with Crippen LogP contribution in [-0.4, -0.2) is 40.5 Å². The van der Waals surface area contributed by atoms with E-state index in [9.17, 15) is 9.90 Å². The standard InChI is InChI=1S/C22H29N3O2/c1-16-6-7-17(2)20(13-16)18(3)24-21(26)15-25-11-8-22(27,9-12-25)19-5-4-10-23-14-19/h4-7,10,13-14,18,27H,8-9,11-12,15H2,1-3H3,(H,24,26). The number of aryl methyl sites for hydroxylation is 2. The number of pyridine rings is 1. The minimum absolute atomic E-state index is 0.0190. The van der Waals surface area contributed by atoms with Crippen molar-refractivity contribution in [2.75, 3.05) is 19.6 Å². The van der Waals surface area contributed by atoms with E-state index < -0.39 is 5.60 Å². The average molecular weight is 367 g/mol. The molecule has 1 amide bonds. The Kier molecular flexibility index (Phi) is 5.92. The van der Waals surface area contributed by atoms with E-state index >= 15 is 0 Å². The van der Waals surface area contributed by atoms with Crippen molar-refractivity contribution >= 4 is 5.91 Å². The number of benzene rings is 1. The van der Waals surface area contributed by atoms with E-state index in [4.69, 9.17) is 0 Å². The molecule has 2 heterocycles. The van der Waals surface area contributed by atoms with Crippen LogP contribution >= 0.6 is 0 Å². The number of hydrogen-bond acceptors (Lipinski definition) is 4. The van der Waals surface area contributed by atoms with Gasteiger partial charge in [0.15, 0.2) is 0 Å². The molecule has 27 heavy (non-hydrogen) atoms. The summed E-state index contributed by atoms with van der Waals surface area (Å²) in [4.78, 5) is 18.7. The molecule has 0 aliphatic carbocycles. The predicted octanol–water partition coefficient (Wildman–Crippen LogP) is 2.86. The number of aromatic nitrogens is 1. The predicted molar refractivity (Wildman–Crippen MR) is 106 cm³/mol. The van der Waals surface area contributed by atoms with Crippen LogP contribution in [0.3, 0.4) is 0 Å². The Morgan fingerprint density at radius 3 is 2.70 bits per heavy atom. The molecule has 3 rings (SSSR count). The highest BCUT2D eigenvalue weighted by Crippen LogP contribution is 2.32. The number of carbonyl (C=O) groups excluding carboxylic acids is 1. The van der Waals surface area contributed by atoms with Crippen molar-refractivity contribution in [2.45, 2.75) is 45.3 Å². The lowest BCUT2D eigenvalue weighted by molar-refractivity contribution is -0.124. The molecule has 1 aliphatic rings. The molecule has 0 bridgehead atoms. The van der Waals surface area contributed by atoms with Crippen molar-refractivity contribution in [2.24, 2.45) is 0 Å². The van der Waals surface area contributed by atoms with Crippen molar-refractivity contribution in [1.82, 2.24) is 15.2 Å². The van der Waals surface area contributed by atoms with Crippen LogP contribution in [0.2, 0.25) is 0 Å². The summed E-state index contributed by atoms with van der Waals surface area (Å²) in [5, 5.41) is 14.0. The van der Waals surface area contributed by atoms with Crippen LogP contribution in [0, 0.1) is 13.8 Å². The van der Waals surface area contributed by atoms with Crippen molar-refractivity contribution < 1.29 is 9.90 Å². The molecule has 1 aromatic carbocycles. The lowest BCUT2D eigenvalue weighted by Crippen LogP contribution is -2.46. The largest absolute Gasteiger partial charge is 0.385 e. The quantitative estimate of drug-likeness (QED) is 0.853. The zero-order valence-electron chi connectivity index (χ0n) is 16.4. The molecule has 0 spiro atoms. The van der Waals surface area contributed by atoms with Crippen molar-refractivity contribution in [3.8, 4) is 0 Å². The van der Waals surface area contributed by atoms with E-state index in [0.29, 0.717) is 32.5 Å². The number of hydrogen-bond donors (Lipinski definition) is 2. The molecule has 1 saturated heterocycles. The van der Waals surface area contributed by atoms with Gasteiger partial charge in [0.2, 0.25) is 5.91 Å². The number of carbonyl (C=O) groups is 1. The van der Waals surface area contributed by atoms with Crippen molar-refractivity contribution in [3.05, 3.63) is 65.0 Å². The van der Waals surface area contributed by atoms with Crippen molar-refractivity contribution in [3.63, 3.8) is 0 Å². The highest BCUT2D eigenvalue weighted by Gasteiger charge is 2.34. The monoisotopic (exact) mass is 367 g/mol. The summed E-state index contributed by atoms with van der Waals surface area (Å²) in [5.74, 6) is 0.0234. The minimum atomic E-state index is -0.840. The molecule has 0 radical (unpaired) electrons. The third kappa shape index (κ3) is 4.73. The minimum Gasteiger partial charge on any atom is -0.385 e. The maximum atomic E-state index is 12.5. The van der Waals surface area contributed by atoms with Crippen molar-refractivity contribution in [1.29, 1.82) is 0 Å². The van der Waals surface area contributed by atoms with E-state index in [2.05, 4.69) is 47.2 Å². The molecule has 1 fully saturated rings. The van der Waals surface area contributed by atoms with Gasteiger partial charge in [0.1, 0.15) is 0 Å². The van der Waals surface area contributed by atoms with Crippen LogP contribution in [0.15, 0.2) is 42.7 Å². The maximum absolute atomic E-state index is 12.5. The lowest BCUT2D eigenvalue weighted by Gasteiger charge is -2.38. The van der Waals surface area contributed by atoms with Crippen LogP contribution in [0.5, 0.6) is 0 Å². The van der Waals surface area contributed by atoms with Crippen LogP contribution < -0.4 is 5.32 Å². The van der Waals surface area contributed by atoms with Crippen LogP contribution in [0.25, 0.3) is 0 Å². The van der Waals surface area contributed by atoms with Gasteiger partial charge in [0, 0.05) is 31.0 Å². The second kappa shape index (κ2) is 8.19. The Bertz CT molecular complexity index is 783. The van der Waals surface area contributed by atoms with E-state index in [1.54, 1.807) is 12.4 Å². The molecule has 1 aliphatic heterocycles. The molecular formula is C22H29N3O2. The third-order valence-corrected chi connectivity index (χ3v) is 5.53. The van der Waals surface area contributed by atoms with Gasteiger partial charge in [-0.2, -0.15) is 0 Å².